The summed E-state index contributed by atoms with van der Waals surface area (Å²) in [6.45, 7) is 7.83. The molecular formula is C16H26N2O. The van der Waals surface area contributed by atoms with Crippen LogP contribution >= 0.6 is 0 Å². The van der Waals surface area contributed by atoms with E-state index >= 15 is 0 Å². The zero-order valence-corrected chi connectivity index (χ0v) is 12.1. The lowest BCUT2D eigenvalue weighted by atomic mass is 9.97. The minimum atomic E-state index is 0.348. The number of benzene rings is 1. The maximum Gasteiger partial charge on any atom is 0.115 e. The van der Waals surface area contributed by atoms with Crippen molar-refractivity contribution in [3.63, 3.8) is 0 Å². The second-order valence-corrected chi connectivity index (χ2v) is 5.35. The third-order valence-electron chi connectivity index (χ3n) is 4.17. The van der Waals surface area contributed by atoms with Gasteiger partial charge in [-0.25, -0.2) is 0 Å². The highest BCUT2D eigenvalue weighted by Gasteiger charge is 2.26. The summed E-state index contributed by atoms with van der Waals surface area (Å²) in [6.07, 6.45) is 3.66. The topological polar surface area (TPSA) is 35.5 Å². The molecule has 1 aliphatic rings. The first-order valence-corrected chi connectivity index (χ1v) is 7.51. The van der Waals surface area contributed by atoms with Crippen LogP contribution < -0.4 is 5.32 Å². The number of hydrogen-bond acceptors (Lipinski definition) is 3. The molecule has 0 radical (unpaired) electrons. The van der Waals surface area contributed by atoms with Gasteiger partial charge in [0.15, 0.2) is 0 Å². The van der Waals surface area contributed by atoms with E-state index in [-0.39, 0.29) is 0 Å². The highest BCUT2D eigenvalue weighted by Crippen LogP contribution is 2.29. The molecule has 0 aliphatic carbocycles. The van der Waals surface area contributed by atoms with Crippen molar-refractivity contribution in [2.45, 2.75) is 45.2 Å². The van der Waals surface area contributed by atoms with E-state index < -0.39 is 0 Å². The van der Waals surface area contributed by atoms with Crippen molar-refractivity contribution in [3.8, 4) is 5.75 Å². The van der Waals surface area contributed by atoms with E-state index in [0.717, 1.165) is 26.1 Å². The summed E-state index contributed by atoms with van der Waals surface area (Å²) in [5.74, 6) is 0.348. The maximum atomic E-state index is 9.43. The summed E-state index contributed by atoms with van der Waals surface area (Å²) in [5.41, 5.74) is 1.31. The van der Waals surface area contributed by atoms with E-state index in [2.05, 4.69) is 36.2 Å². The van der Waals surface area contributed by atoms with Gasteiger partial charge < -0.3 is 10.4 Å². The molecule has 19 heavy (non-hydrogen) atoms. The molecule has 0 bridgehead atoms. The lowest BCUT2D eigenvalue weighted by Crippen LogP contribution is -2.47. The van der Waals surface area contributed by atoms with Crippen molar-refractivity contribution in [2.24, 2.45) is 0 Å². The minimum absolute atomic E-state index is 0.348. The molecule has 0 spiro atoms. The monoisotopic (exact) mass is 262 g/mol. The second-order valence-electron chi connectivity index (χ2n) is 5.35. The third-order valence-corrected chi connectivity index (χ3v) is 4.17. The van der Waals surface area contributed by atoms with Crippen molar-refractivity contribution in [1.29, 1.82) is 0 Å². The van der Waals surface area contributed by atoms with Gasteiger partial charge in [0.1, 0.15) is 5.75 Å². The quantitative estimate of drug-likeness (QED) is 0.856. The standard InChI is InChI=1S/C16H26N2O/c1-3-16(13-7-9-15(19)10-8-13)18(4-2)14-6-5-11-17-12-14/h7-10,14,16-17,19H,3-6,11-12H2,1-2H3. The fraction of sp³-hybridized carbons (Fsp3) is 0.625. The average molecular weight is 262 g/mol. The van der Waals surface area contributed by atoms with Crippen LogP contribution in [-0.2, 0) is 0 Å². The van der Waals surface area contributed by atoms with Crippen LogP contribution in [0.4, 0.5) is 0 Å². The highest BCUT2D eigenvalue weighted by atomic mass is 16.3. The van der Waals surface area contributed by atoms with Crippen LogP contribution in [0.15, 0.2) is 24.3 Å². The molecule has 2 atom stereocenters. The van der Waals surface area contributed by atoms with Gasteiger partial charge in [-0.05, 0) is 50.0 Å². The van der Waals surface area contributed by atoms with Gasteiger partial charge in [-0.15, -0.1) is 0 Å². The first-order chi connectivity index (χ1) is 9.26. The van der Waals surface area contributed by atoms with Crippen LogP contribution in [-0.4, -0.2) is 35.7 Å². The predicted molar refractivity (Wildman–Crippen MR) is 79.4 cm³/mol. The van der Waals surface area contributed by atoms with E-state index in [0.29, 0.717) is 17.8 Å². The first kappa shape index (κ1) is 14.4. The fourth-order valence-corrected chi connectivity index (χ4v) is 3.21. The molecule has 1 aromatic rings. The van der Waals surface area contributed by atoms with Gasteiger partial charge in [0.05, 0.1) is 0 Å². The van der Waals surface area contributed by atoms with E-state index in [1.54, 1.807) is 12.1 Å². The molecule has 3 heteroatoms. The zero-order chi connectivity index (χ0) is 13.7. The van der Waals surface area contributed by atoms with Crippen molar-refractivity contribution in [3.05, 3.63) is 29.8 Å². The van der Waals surface area contributed by atoms with Gasteiger partial charge in [-0.3, -0.25) is 4.90 Å². The molecule has 0 amide bonds. The van der Waals surface area contributed by atoms with Crippen LogP contribution in [0.5, 0.6) is 5.75 Å². The number of phenols is 1. The number of nitrogens with one attached hydrogen (secondary N) is 1. The first-order valence-electron chi connectivity index (χ1n) is 7.51. The Balaban J connectivity index is 2.15. The van der Waals surface area contributed by atoms with Gasteiger partial charge in [0, 0.05) is 18.6 Å². The van der Waals surface area contributed by atoms with Crippen molar-refractivity contribution >= 4 is 0 Å². The Morgan fingerprint density at radius 2 is 2.05 bits per heavy atom. The Hall–Kier alpha value is -1.06. The van der Waals surface area contributed by atoms with Gasteiger partial charge in [-0.1, -0.05) is 26.0 Å². The molecule has 2 N–H and O–H groups in total. The summed E-state index contributed by atoms with van der Waals surface area (Å²) < 4.78 is 0. The Bertz CT molecular complexity index is 371. The van der Waals surface area contributed by atoms with E-state index in [9.17, 15) is 5.11 Å². The number of likely N-dealkylation sites (N-methyl/N-ethyl adjacent to an activating group) is 1. The van der Waals surface area contributed by atoms with E-state index in [1.165, 1.54) is 18.4 Å². The SMILES string of the molecule is CCC(c1ccc(O)cc1)N(CC)C1CCCNC1. The molecule has 0 aromatic heterocycles. The predicted octanol–water partition coefficient (Wildman–Crippen LogP) is 2.92. The van der Waals surface area contributed by atoms with E-state index in [1.807, 2.05) is 0 Å². The average Bonchev–Trinajstić information content (AvgIpc) is 2.47. The molecule has 1 aromatic carbocycles. The molecule has 2 rings (SSSR count). The Labute approximate surface area is 116 Å². The number of piperidine rings is 1. The van der Waals surface area contributed by atoms with Crippen LogP contribution in [0.1, 0.15) is 44.7 Å². The van der Waals surface area contributed by atoms with Gasteiger partial charge in [0.25, 0.3) is 0 Å². The Morgan fingerprint density at radius 3 is 2.58 bits per heavy atom. The third kappa shape index (κ3) is 3.48. The van der Waals surface area contributed by atoms with E-state index in [4.69, 9.17) is 0 Å². The van der Waals surface area contributed by atoms with Crippen LogP contribution in [0, 0.1) is 0 Å². The molecular weight excluding hydrogens is 236 g/mol. The molecule has 3 nitrogen and oxygen atoms in total. The Kier molecular flexibility index (Phi) is 5.23. The van der Waals surface area contributed by atoms with Gasteiger partial charge in [0.2, 0.25) is 0 Å². The largest absolute Gasteiger partial charge is 0.508 e. The molecule has 2 unspecified atom stereocenters. The van der Waals surface area contributed by atoms with Gasteiger partial charge >= 0.3 is 0 Å². The molecule has 1 heterocycles. The summed E-state index contributed by atoms with van der Waals surface area (Å²) in [5, 5.41) is 12.9. The molecule has 0 saturated carbocycles. The smallest absolute Gasteiger partial charge is 0.115 e. The minimum Gasteiger partial charge on any atom is -0.508 e. The highest BCUT2D eigenvalue weighted by molar-refractivity contribution is 5.28. The summed E-state index contributed by atoms with van der Waals surface area (Å²) in [6, 6.07) is 8.80. The molecule has 106 valence electrons. The molecule has 1 saturated heterocycles. The van der Waals surface area contributed by atoms with Crippen LogP contribution in [0.2, 0.25) is 0 Å². The summed E-state index contributed by atoms with van der Waals surface area (Å²) >= 11 is 0. The Morgan fingerprint density at radius 1 is 1.32 bits per heavy atom. The number of hydrogen-bond donors (Lipinski definition) is 2. The molecule has 1 fully saturated rings. The lowest BCUT2D eigenvalue weighted by molar-refractivity contribution is 0.115. The normalized spacial score (nSPS) is 21.5. The second kappa shape index (κ2) is 6.92. The maximum absolute atomic E-state index is 9.43. The van der Waals surface area contributed by atoms with Crippen LogP contribution in [0.25, 0.3) is 0 Å². The van der Waals surface area contributed by atoms with Crippen molar-refractivity contribution < 1.29 is 5.11 Å². The number of nitrogens with zero attached hydrogens (tertiary/aromatic N) is 1. The van der Waals surface area contributed by atoms with Gasteiger partial charge in [-0.2, -0.15) is 0 Å². The number of phenolic OH excluding ortho intramolecular Hbond substituents is 1. The summed E-state index contributed by atoms with van der Waals surface area (Å²) in [4.78, 5) is 2.61. The fourth-order valence-electron chi connectivity index (χ4n) is 3.21. The van der Waals surface area contributed by atoms with Crippen molar-refractivity contribution in [1.82, 2.24) is 10.2 Å². The summed E-state index contributed by atoms with van der Waals surface area (Å²) in [7, 11) is 0. The van der Waals surface area contributed by atoms with Crippen molar-refractivity contribution in [2.75, 3.05) is 19.6 Å². The number of aromatic hydroxyl groups is 1. The lowest BCUT2D eigenvalue weighted by Gasteiger charge is -2.39. The molecule has 1 aliphatic heterocycles. The van der Waals surface area contributed by atoms with Crippen LogP contribution in [0.3, 0.4) is 0 Å². The number of rotatable bonds is 5. The zero-order valence-electron chi connectivity index (χ0n) is 12.1.